The number of amides is 2. The van der Waals surface area contributed by atoms with Gasteiger partial charge in [0.15, 0.2) is 0 Å². The zero-order valence-electron chi connectivity index (χ0n) is 16.2. The van der Waals surface area contributed by atoms with Crippen molar-refractivity contribution in [2.75, 3.05) is 32.0 Å². The van der Waals surface area contributed by atoms with Gasteiger partial charge in [-0.05, 0) is 51.8 Å². The second kappa shape index (κ2) is 9.02. The van der Waals surface area contributed by atoms with Crippen molar-refractivity contribution in [3.05, 3.63) is 28.2 Å². The van der Waals surface area contributed by atoms with Crippen LogP contribution in [-0.2, 0) is 9.53 Å². The maximum absolute atomic E-state index is 12.6. The Bertz CT molecular complexity index is 671. The van der Waals surface area contributed by atoms with Gasteiger partial charge >= 0.3 is 6.09 Å². The third-order valence-electron chi connectivity index (χ3n) is 4.28. The Kier molecular flexibility index (Phi) is 7.23. The molecule has 0 spiro atoms. The second-order valence-electron chi connectivity index (χ2n) is 7.74. The number of likely N-dealkylation sites (N-methyl/N-ethyl adjacent to an activating group) is 1. The molecule has 0 unspecified atom stereocenters. The fraction of sp³-hybridized carbons (Fsp3) is 0.579. The fourth-order valence-electron chi connectivity index (χ4n) is 2.93. The number of likely N-dealkylation sites (tertiary alicyclic amines) is 1. The SMILES string of the molecule is CN(C(=O)OC(C)(C)C)[C@H]1CCCN(C(=O)CNc2cc(Cl)cc(Cl)c2)C1. The largest absolute Gasteiger partial charge is 0.444 e. The monoisotopic (exact) mass is 415 g/mol. The van der Waals surface area contributed by atoms with Crippen molar-refractivity contribution in [1.29, 1.82) is 0 Å². The van der Waals surface area contributed by atoms with Crippen molar-refractivity contribution in [3.63, 3.8) is 0 Å². The third kappa shape index (κ3) is 6.78. The van der Waals surface area contributed by atoms with Gasteiger partial charge in [-0.15, -0.1) is 0 Å². The van der Waals surface area contributed by atoms with E-state index in [4.69, 9.17) is 27.9 Å². The Hall–Kier alpha value is -1.66. The molecule has 150 valence electrons. The van der Waals surface area contributed by atoms with Gasteiger partial charge in [-0.3, -0.25) is 4.79 Å². The second-order valence-corrected chi connectivity index (χ2v) is 8.61. The molecule has 1 aromatic rings. The van der Waals surface area contributed by atoms with Crippen molar-refractivity contribution in [1.82, 2.24) is 9.80 Å². The minimum atomic E-state index is -0.544. The summed E-state index contributed by atoms with van der Waals surface area (Å²) in [5.41, 5.74) is 0.151. The standard InChI is InChI=1S/C19H27Cl2N3O3/c1-19(2,3)27-18(26)23(4)16-6-5-7-24(12-16)17(25)11-22-15-9-13(20)8-14(21)10-15/h8-10,16,22H,5-7,11-12H2,1-4H3/t16-/m0/s1. The van der Waals surface area contributed by atoms with Crippen molar-refractivity contribution in [3.8, 4) is 0 Å². The Morgan fingerprint density at radius 3 is 2.48 bits per heavy atom. The van der Waals surface area contributed by atoms with Gasteiger partial charge in [-0.25, -0.2) is 4.79 Å². The summed E-state index contributed by atoms with van der Waals surface area (Å²) in [4.78, 5) is 28.2. The summed E-state index contributed by atoms with van der Waals surface area (Å²) in [6, 6.07) is 5.02. The molecule has 1 saturated heterocycles. The molecule has 2 rings (SSSR count). The number of piperidine rings is 1. The van der Waals surface area contributed by atoms with Gasteiger partial charge in [0.2, 0.25) is 5.91 Å². The van der Waals surface area contributed by atoms with Crippen LogP contribution < -0.4 is 5.32 Å². The van der Waals surface area contributed by atoms with E-state index in [1.165, 1.54) is 0 Å². The number of hydrogen-bond acceptors (Lipinski definition) is 4. The average Bonchev–Trinajstić information content (AvgIpc) is 2.56. The first kappa shape index (κ1) is 21.6. The number of halogens is 2. The Morgan fingerprint density at radius 2 is 1.89 bits per heavy atom. The maximum atomic E-state index is 12.6. The van der Waals surface area contributed by atoms with Crippen molar-refractivity contribution >= 4 is 40.9 Å². The topological polar surface area (TPSA) is 61.9 Å². The lowest BCUT2D eigenvalue weighted by Gasteiger charge is -2.38. The molecular formula is C19H27Cl2N3O3. The van der Waals surface area contributed by atoms with Crippen LogP contribution in [0.15, 0.2) is 18.2 Å². The number of carbonyl (C=O) groups excluding carboxylic acids is 2. The van der Waals surface area contributed by atoms with Gasteiger partial charge in [0.1, 0.15) is 5.60 Å². The highest BCUT2D eigenvalue weighted by Gasteiger charge is 2.30. The molecule has 0 aliphatic carbocycles. The predicted octanol–water partition coefficient (Wildman–Crippen LogP) is 4.26. The Balaban J connectivity index is 1.90. The molecule has 6 nitrogen and oxygen atoms in total. The van der Waals surface area contributed by atoms with E-state index >= 15 is 0 Å². The lowest BCUT2D eigenvalue weighted by atomic mass is 10.0. The van der Waals surface area contributed by atoms with Gasteiger partial charge in [0.25, 0.3) is 0 Å². The minimum absolute atomic E-state index is 0.0339. The summed E-state index contributed by atoms with van der Waals surface area (Å²) < 4.78 is 5.42. The lowest BCUT2D eigenvalue weighted by molar-refractivity contribution is -0.131. The molecule has 1 fully saturated rings. The third-order valence-corrected chi connectivity index (χ3v) is 4.72. The van der Waals surface area contributed by atoms with E-state index in [-0.39, 0.29) is 24.6 Å². The van der Waals surface area contributed by atoms with Crippen LogP contribution in [0, 0.1) is 0 Å². The molecule has 0 aromatic heterocycles. The van der Waals surface area contributed by atoms with Crippen LogP contribution in [0.3, 0.4) is 0 Å². The van der Waals surface area contributed by atoms with E-state index < -0.39 is 5.60 Å². The van der Waals surface area contributed by atoms with Gasteiger partial charge in [-0.2, -0.15) is 0 Å². The molecule has 1 atom stereocenters. The highest BCUT2D eigenvalue weighted by atomic mass is 35.5. The molecule has 2 amide bonds. The maximum Gasteiger partial charge on any atom is 0.410 e. The van der Waals surface area contributed by atoms with Gasteiger partial charge in [0.05, 0.1) is 12.6 Å². The van der Waals surface area contributed by atoms with Crippen LogP contribution in [0.1, 0.15) is 33.6 Å². The fourth-order valence-corrected chi connectivity index (χ4v) is 3.45. The summed E-state index contributed by atoms with van der Waals surface area (Å²) in [5.74, 6) is -0.0339. The van der Waals surface area contributed by atoms with E-state index in [0.29, 0.717) is 28.8 Å². The summed E-state index contributed by atoms with van der Waals surface area (Å²) in [6.07, 6.45) is 1.32. The molecule has 1 aliphatic heterocycles. The molecule has 1 aliphatic rings. The molecular weight excluding hydrogens is 389 g/mol. The van der Waals surface area contributed by atoms with E-state index in [1.54, 1.807) is 35.0 Å². The molecule has 1 N–H and O–H groups in total. The lowest BCUT2D eigenvalue weighted by Crippen LogP contribution is -2.52. The van der Waals surface area contributed by atoms with Crippen LogP contribution in [0.2, 0.25) is 10.0 Å². The minimum Gasteiger partial charge on any atom is -0.444 e. The molecule has 8 heteroatoms. The Morgan fingerprint density at radius 1 is 1.26 bits per heavy atom. The Labute approximate surface area is 170 Å². The number of rotatable bonds is 4. The van der Waals surface area contributed by atoms with Crippen LogP contribution in [0.25, 0.3) is 0 Å². The number of carbonyl (C=O) groups is 2. The molecule has 0 saturated carbocycles. The van der Waals surface area contributed by atoms with Gasteiger partial charge in [0, 0.05) is 35.9 Å². The molecule has 0 bridgehead atoms. The van der Waals surface area contributed by atoms with E-state index in [0.717, 1.165) is 12.8 Å². The summed E-state index contributed by atoms with van der Waals surface area (Å²) in [6.45, 7) is 6.82. The average molecular weight is 416 g/mol. The van der Waals surface area contributed by atoms with Crippen LogP contribution in [0.4, 0.5) is 10.5 Å². The normalized spacial score (nSPS) is 17.4. The molecule has 0 radical (unpaired) electrons. The number of hydrogen-bond donors (Lipinski definition) is 1. The molecule has 27 heavy (non-hydrogen) atoms. The highest BCUT2D eigenvalue weighted by molar-refractivity contribution is 6.35. The number of ether oxygens (including phenoxy) is 1. The number of nitrogens with zero attached hydrogens (tertiary/aromatic N) is 2. The first-order valence-corrected chi connectivity index (χ1v) is 9.74. The summed E-state index contributed by atoms with van der Waals surface area (Å²) >= 11 is 11.9. The van der Waals surface area contributed by atoms with Crippen LogP contribution in [-0.4, -0.2) is 60.1 Å². The molecule has 1 aromatic carbocycles. The van der Waals surface area contributed by atoms with E-state index in [2.05, 4.69) is 5.32 Å². The number of nitrogens with one attached hydrogen (secondary N) is 1. The van der Waals surface area contributed by atoms with Crippen LogP contribution >= 0.6 is 23.2 Å². The first-order valence-electron chi connectivity index (χ1n) is 8.99. The highest BCUT2D eigenvalue weighted by Crippen LogP contribution is 2.23. The van der Waals surface area contributed by atoms with Crippen molar-refractivity contribution in [2.45, 2.75) is 45.3 Å². The number of benzene rings is 1. The zero-order valence-corrected chi connectivity index (χ0v) is 17.7. The zero-order chi connectivity index (χ0) is 20.2. The van der Waals surface area contributed by atoms with Gasteiger partial charge in [-0.1, -0.05) is 23.2 Å². The smallest absolute Gasteiger partial charge is 0.410 e. The summed E-state index contributed by atoms with van der Waals surface area (Å²) in [5, 5.41) is 4.07. The summed E-state index contributed by atoms with van der Waals surface area (Å²) in [7, 11) is 1.72. The molecule has 1 heterocycles. The first-order chi connectivity index (χ1) is 12.5. The van der Waals surface area contributed by atoms with Crippen molar-refractivity contribution < 1.29 is 14.3 Å². The van der Waals surface area contributed by atoms with Gasteiger partial charge < -0.3 is 19.9 Å². The number of anilines is 1. The van der Waals surface area contributed by atoms with E-state index in [9.17, 15) is 9.59 Å². The predicted molar refractivity (Wildman–Crippen MR) is 109 cm³/mol. The quantitative estimate of drug-likeness (QED) is 0.797. The van der Waals surface area contributed by atoms with Crippen LogP contribution in [0.5, 0.6) is 0 Å². The van der Waals surface area contributed by atoms with Crippen molar-refractivity contribution in [2.24, 2.45) is 0 Å². The van der Waals surface area contributed by atoms with E-state index in [1.807, 2.05) is 20.8 Å².